The molecule has 1 aliphatic carbocycles. The third-order valence-electron chi connectivity index (χ3n) is 7.03. The van der Waals surface area contributed by atoms with E-state index in [9.17, 15) is 4.79 Å². The Morgan fingerprint density at radius 3 is 2.46 bits per heavy atom. The van der Waals surface area contributed by atoms with E-state index in [-0.39, 0.29) is 11.8 Å². The molecule has 1 aliphatic rings. The molecule has 2 aromatic carbocycles. The lowest BCUT2D eigenvalue weighted by molar-refractivity contribution is -0.118. The first-order chi connectivity index (χ1) is 18.1. The molecule has 0 spiro atoms. The second kappa shape index (κ2) is 11.2. The molecular weight excluding hydrogens is 460 g/mol. The number of nitrogens with one attached hydrogen (secondary N) is 2. The zero-order valence-corrected chi connectivity index (χ0v) is 20.8. The van der Waals surface area contributed by atoms with Crippen molar-refractivity contribution in [2.45, 2.75) is 44.2 Å². The van der Waals surface area contributed by atoms with Gasteiger partial charge in [0.1, 0.15) is 11.9 Å². The summed E-state index contributed by atoms with van der Waals surface area (Å²) in [6, 6.07) is 23.2. The maximum atomic E-state index is 13.4. The Labute approximate surface area is 217 Å². The summed E-state index contributed by atoms with van der Waals surface area (Å²) >= 11 is 0. The zero-order chi connectivity index (χ0) is 25.6. The van der Waals surface area contributed by atoms with Gasteiger partial charge in [0.2, 0.25) is 5.91 Å². The average Bonchev–Trinajstić information content (AvgIpc) is 3.38. The molecule has 0 saturated heterocycles. The first-order valence-corrected chi connectivity index (χ1v) is 12.7. The summed E-state index contributed by atoms with van der Waals surface area (Å²) in [6.45, 7) is 2.69. The molecule has 4 aromatic rings. The van der Waals surface area contributed by atoms with E-state index in [1.165, 1.54) is 19.3 Å². The highest BCUT2D eigenvalue weighted by molar-refractivity contribution is 5.95. The number of pyridine rings is 1. The Morgan fingerprint density at radius 1 is 1.03 bits per heavy atom. The average molecular weight is 491 g/mol. The molecule has 0 aliphatic heterocycles. The SMILES string of the molecule is C[C@@H](CN[C@H](C(=O)Nc1ccc(-c2cnn(C3CCC3)c2)cn1)c1ccccc1)c1ccc(C#N)cc1. The van der Waals surface area contributed by atoms with E-state index in [4.69, 9.17) is 5.26 Å². The first-order valence-electron chi connectivity index (χ1n) is 12.7. The van der Waals surface area contributed by atoms with Crippen molar-refractivity contribution in [2.75, 3.05) is 11.9 Å². The quantitative estimate of drug-likeness (QED) is 0.318. The summed E-state index contributed by atoms with van der Waals surface area (Å²) in [6.07, 6.45) is 9.36. The minimum atomic E-state index is -0.538. The Hall–Kier alpha value is -4.28. The van der Waals surface area contributed by atoms with Gasteiger partial charge < -0.3 is 10.6 Å². The predicted octanol–water partition coefficient (Wildman–Crippen LogP) is 5.61. The molecule has 0 bridgehead atoms. The van der Waals surface area contributed by atoms with Gasteiger partial charge in [-0.2, -0.15) is 10.4 Å². The molecule has 2 atom stereocenters. The second-order valence-electron chi connectivity index (χ2n) is 9.60. The van der Waals surface area contributed by atoms with Gasteiger partial charge in [-0.15, -0.1) is 0 Å². The van der Waals surface area contributed by atoms with Crippen LogP contribution in [-0.4, -0.2) is 27.2 Å². The molecule has 186 valence electrons. The van der Waals surface area contributed by atoms with Crippen LogP contribution in [0.4, 0.5) is 5.82 Å². The molecule has 7 nitrogen and oxygen atoms in total. The fourth-order valence-electron chi connectivity index (χ4n) is 4.48. The van der Waals surface area contributed by atoms with Gasteiger partial charge in [-0.3, -0.25) is 9.48 Å². The number of aromatic nitrogens is 3. The van der Waals surface area contributed by atoms with Crippen molar-refractivity contribution in [2.24, 2.45) is 0 Å². The number of benzene rings is 2. The fraction of sp³-hybridized carbons (Fsp3) is 0.267. The number of hydrogen-bond donors (Lipinski definition) is 2. The van der Waals surface area contributed by atoms with Gasteiger partial charge in [-0.05, 0) is 60.6 Å². The van der Waals surface area contributed by atoms with Gasteiger partial charge in [0.05, 0.1) is 23.9 Å². The number of amides is 1. The minimum Gasteiger partial charge on any atom is -0.309 e. The van der Waals surface area contributed by atoms with Crippen molar-refractivity contribution < 1.29 is 4.79 Å². The summed E-state index contributed by atoms with van der Waals surface area (Å²) in [4.78, 5) is 17.9. The lowest BCUT2D eigenvalue weighted by Crippen LogP contribution is -2.35. The standard InChI is InChI=1S/C30H30N6O/c1-21(23-12-10-22(16-31)11-13-23)17-33-29(24-6-3-2-4-7-24)30(37)35-28-15-14-25(18-32-28)26-19-34-36(20-26)27-8-5-9-27/h2-4,6-7,10-15,18-21,27,29,33H,5,8-9,17H2,1H3,(H,32,35,37)/t21-,29-/m0/s1. The molecule has 2 heterocycles. The molecule has 5 rings (SSSR count). The third-order valence-corrected chi connectivity index (χ3v) is 7.03. The number of carbonyl (C=O) groups excluding carboxylic acids is 1. The smallest absolute Gasteiger partial charge is 0.247 e. The molecule has 1 amide bonds. The van der Waals surface area contributed by atoms with Crippen molar-refractivity contribution >= 4 is 11.7 Å². The van der Waals surface area contributed by atoms with Crippen LogP contribution in [0.15, 0.2) is 85.3 Å². The van der Waals surface area contributed by atoms with E-state index in [0.29, 0.717) is 24.0 Å². The molecular formula is C30H30N6O. The lowest BCUT2D eigenvalue weighted by atomic mass is 9.93. The summed E-state index contributed by atoms with van der Waals surface area (Å²) in [5, 5.41) is 19.9. The van der Waals surface area contributed by atoms with Gasteiger partial charge >= 0.3 is 0 Å². The van der Waals surface area contributed by atoms with E-state index >= 15 is 0 Å². The monoisotopic (exact) mass is 490 g/mol. The number of nitriles is 1. The summed E-state index contributed by atoms with van der Waals surface area (Å²) < 4.78 is 2.05. The normalized spacial score (nSPS) is 14.8. The lowest BCUT2D eigenvalue weighted by Gasteiger charge is -2.25. The van der Waals surface area contributed by atoms with E-state index < -0.39 is 6.04 Å². The highest BCUT2D eigenvalue weighted by Gasteiger charge is 2.22. The van der Waals surface area contributed by atoms with Gasteiger partial charge in [-0.25, -0.2) is 4.98 Å². The van der Waals surface area contributed by atoms with Crippen LogP contribution in [0.1, 0.15) is 60.9 Å². The third kappa shape index (κ3) is 5.76. The second-order valence-corrected chi connectivity index (χ2v) is 9.60. The van der Waals surface area contributed by atoms with Crippen molar-refractivity contribution in [1.82, 2.24) is 20.1 Å². The van der Waals surface area contributed by atoms with E-state index in [1.807, 2.05) is 77.6 Å². The number of hydrogen-bond acceptors (Lipinski definition) is 5. The van der Waals surface area contributed by atoms with Gasteiger partial charge in [0.15, 0.2) is 0 Å². The molecule has 1 saturated carbocycles. The molecule has 1 fully saturated rings. The topological polar surface area (TPSA) is 95.6 Å². The molecule has 37 heavy (non-hydrogen) atoms. The minimum absolute atomic E-state index is 0.157. The van der Waals surface area contributed by atoms with Crippen LogP contribution in [-0.2, 0) is 4.79 Å². The van der Waals surface area contributed by atoms with E-state index in [1.54, 1.807) is 6.20 Å². The van der Waals surface area contributed by atoms with Crippen LogP contribution >= 0.6 is 0 Å². The number of rotatable bonds is 9. The van der Waals surface area contributed by atoms with Crippen LogP contribution in [0.3, 0.4) is 0 Å². The van der Waals surface area contributed by atoms with Gasteiger partial charge in [0, 0.05) is 30.1 Å². The summed E-state index contributed by atoms with van der Waals surface area (Å²) in [5.74, 6) is 0.490. The number of anilines is 1. The number of carbonyl (C=O) groups is 1. The Balaban J connectivity index is 1.25. The molecule has 0 radical (unpaired) electrons. The largest absolute Gasteiger partial charge is 0.309 e. The molecule has 2 aromatic heterocycles. The molecule has 2 N–H and O–H groups in total. The van der Waals surface area contributed by atoms with Crippen LogP contribution < -0.4 is 10.6 Å². The number of nitrogens with zero attached hydrogens (tertiary/aromatic N) is 4. The van der Waals surface area contributed by atoms with Crippen LogP contribution in [0.2, 0.25) is 0 Å². The zero-order valence-electron chi connectivity index (χ0n) is 20.8. The molecule has 0 unspecified atom stereocenters. The maximum Gasteiger partial charge on any atom is 0.247 e. The van der Waals surface area contributed by atoms with Crippen molar-refractivity contribution in [1.29, 1.82) is 5.26 Å². The van der Waals surface area contributed by atoms with Crippen molar-refractivity contribution in [3.05, 3.63) is 102 Å². The van der Waals surface area contributed by atoms with Crippen molar-refractivity contribution in [3.8, 4) is 17.2 Å². The highest BCUT2D eigenvalue weighted by Crippen LogP contribution is 2.32. The Morgan fingerprint density at radius 2 is 1.81 bits per heavy atom. The van der Waals surface area contributed by atoms with E-state index in [0.717, 1.165) is 22.3 Å². The van der Waals surface area contributed by atoms with Gasteiger partial charge in [0.25, 0.3) is 0 Å². The Kier molecular flexibility index (Phi) is 7.38. The van der Waals surface area contributed by atoms with Crippen LogP contribution in [0, 0.1) is 11.3 Å². The molecule has 7 heteroatoms. The van der Waals surface area contributed by atoms with Crippen LogP contribution in [0.25, 0.3) is 11.1 Å². The van der Waals surface area contributed by atoms with Gasteiger partial charge in [-0.1, -0.05) is 49.4 Å². The summed E-state index contributed by atoms with van der Waals surface area (Å²) in [7, 11) is 0. The van der Waals surface area contributed by atoms with Crippen LogP contribution in [0.5, 0.6) is 0 Å². The van der Waals surface area contributed by atoms with E-state index in [2.05, 4.69) is 39.9 Å². The predicted molar refractivity (Wildman–Crippen MR) is 144 cm³/mol. The summed E-state index contributed by atoms with van der Waals surface area (Å²) in [5.41, 5.74) is 4.62. The fourth-order valence-corrected chi connectivity index (χ4v) is 4.48. The van der Waals surface area contributed by atoms with Crippen molar-refractivity contribution in [3.63, 3.8) is 0 Å². The highest BCUT2D eigenvalue weighted by atomic mass is 16.2. The maximum absolute atomic E-state index is 13.4. The Bertz CT molecular complexity index is 1370. The first kappa shape index (κ1) is 24.4.